The summed E-state index contributed by atoms with van der Waals surface area (Å²) in [4.78, 5) is 1.30. The monoisotopic (exact) mass is 678 g/mol. The number of hydrogen-bond acceptors (Lipinski definition) is 1. The van der Waals surface area contributed by atoms with Crippen molar-refractivity contribution >= 4 is 33.1 Å². The summed E-state index contributed by atoms with van der Waals surface area (Å²) in [5.74, 6) is 0. The molecular weight excluding hydrogens is 633 g/mol. The maximum atomic E-state index is 4.18. The summed E-state index contributed by atoms with van der Waals surface area (Å²) < 4.78 is 1.37. The topological polar surface area (TPSA) is 0 Å². The van der Waals surface area contributed by atoms with Crippen LogP contribution >= 0.6 is 11.3 Å². The highest BCUT2D eigenvalue weighted by atomic mass is 32.1. The van der Waals surface area contributed by atoms with Crippen molar-refractivity contribution < 1.29 is 0 Å². The van der Waals surface area contributed by atoms with E-state index in [0.29, 0.717) is 0 Å². The van der Waals surface area contributed by atoms with E-state index in [1.165, 1.54) is 81.8 Å². The lowest BCUT2D eigenvalue weighted by molar-refractivity contribution is 0.777. The summed E-state index contributed by atoms with van der Waals surface area (Å²) in [7, 11) is 0. The molecule has 0 saturated heterocycles. The van der Waals surface area contributed by atoms with Gasteiger partial charge in [-0.15, -0.1) is 11.3 Å². The van der Waals surface area contributed by atoms with Crippen LogP contribution in [-0.4, -0.2) is 0 Å². The van der Waals surface area contributed by atoms with E-state index in [4.69, 9.17) is 0 Å². The third-order valence-corrected chi connectivity index (χ3v) is 11.6. The highest BCUT2D eigenvalue weighted by molar-refractivity contribution is 7.20. The summed E-state index contributed by atoms with van der Waals surface area (Å²) in [6, 6.07) is 31.0. The van der Waals surface area contributed by atoms with Crippen LogP contribution in [0.3, 0.4) is 0 Å². The molecule has 0 saturated carbocycles. The van der Waals surface area contributed by atoms with Gasteiger partial charge in [0.1, 0.15) is 0 Å². The van der Waals surface area contributed by atoms with Crippen LogP contribution in [0.25, 0.3) is 44.0 Å². The number of fused-ring (bicyclic) bond motifs is 6. The number of rotatable bonds is 8. The number of allylic oxidation sites excluding steroid dienone is 13. The minimum Gasteiger partial charge on any atom is -0.136 e. The maximum Gasteiger partial charge on any atom is 0.0718 e. The molecule has 0 aliphatic heterocycles. The third kappa shape index (κ3) is 6.03. The van der Waals surface area contributed by atoms with Crippen LogP contribution in [0.4, 0.5) is 0 Å². The molecule has 0 radical (unpaired) electrons. The molecular formula is C50H46S. The molecule has 0 amide bonds. The summed E-state index contributed by atoms with van der Waals surface area (Å²) in [6.07, 6.45) is 18.4. The summed E-state index contributed by atoms with van der Waals surface area (Å²) >= 11 is 1.82. The Balaban J connectivity index is 0.000000288. The molecule has 7 rings (SSSR count). The quantitative estimate of drug-likeness (QED) is 0.143. The fraction of sp³-hybridized carbons (Fsp3) is 0.120. The second kappa shape index (κ2) is 14.8. The second-order valence-corrected chi connectivity index (χ2v) is 14.3. The molecule has 0 nitrogen and oxygen atoms in total. The first-order valence-electron chi connectivity index (χ1n) is 17.5. The van der Waals surface area contributed by atoms with Crippen LogP contribution in [0.15, 0.2) is 182 Å². The van der Waals surface area contributed by atoms with E-state index in [1.807, 2.05) is 48.6 Å². The molecule has 51 heavy (non-hydrogen) atoms. The van der Waals surface area contributed by atoms with Gasteiger partial charge < -0.3 is 0 Å². The van der Waals surface area contributed by atoms with E-state index >= 15 is 0 Å². The van der Waals surface area contributed by atoms with Crippen LogP contribution in [0.2, 0.25) is 0 Å². The van der Waals surface area contributed by atoms with Crippen LogP contribution in [0.1, 0.15) is 53.5 Å². The predicted molar refractivity (Wildman–Crippen MR) is 227 cm³/mol. The van der Waals surface area contributed by atoms with Crippen LogP contribution < -0.4 is 0 Å². The van der Waals surface area contributed by atoms with Crippen molar-refractivity contribution in [1.82, 2.24) is 0 Å². The molecule has 1 aromatic heterocycles. The van der Waals surface area contributed by atoms with Gasteiger partial charge in [0.2, 0.25) is 0 Å². The van der Waals surface area contributed by atoms with Gasteiger partial charge in [-0.1, -0.05) is 154 Å². The zero-order chi connectivity index (χ0) is 36.3. The van der Waals surface area contributed by atoms with Gasteiger partial charge in [0.15, 0.2) is 0 Å². The standard InChI is InChI=1S/C38H34.C12H12S/c1-7-10-16-34-27(5)28(6)35(17-11-8-2)38(34)36-18-13-12-15-32(36)33-25-31(23-24-37(33)38)30-21-19-29(20-22-30)26(4)14-9-3;1-4-10-9(3)12-8(2)6-5-7-11(12)13-10/h7-25H,1-2,4H2,3,5-6H3;4-7H,1H2,2-3H3/b14-9-,16-10-,17-11-;. The molecule has 252 valence electrons. The lowest BCUT2D eigenvalue weighted by Gasteiger charge is -2.33. The van der Waals surface area contributed by atoms with E-state index < -0.39 is 0 Å². The van der Waals surface area contributed by atoms with Crippen molar-refractivity contribution in [3.63, 3.8) is 0 Å². The normalized spacial score (nSPS) is 14.5. The van der Waals surface area contributed by atoms with Crippen LogP contribution in [-0.2, 0) is 5.41 Å². The van der Waals surface area contributed by atoms with Gasteiger partial charge in [0.05, 0.1) is 5.41 Å². The lowest BCUT2D eigenvalue weighted by Crippen LogP contribution is -2.27. The van der Waals surface area contributed by atoms with Crippen molar-refractivity contribution in [1.29, 1.82) is 0 Å². The Morgan fingerprint density at radius 2 is 1.31 bits per heavy atom. The molecule has 0 atom stereocenters. The first kappa shape index (κ1) is 35.3. The first-order chi connectivity index (χ1) is 24.7. The zero-order valence-corrected chi connectivity index (χ0v) is 31.3. The minimum absolute atomic E-state index is 0.369. The Bertz CT molecular complexity index is 2310. The van der Waals surface area contributed by atoms with Crippen molar-refractivity contribution in [3.05, 3.63) is 215 Å². The number of benzene rings is 4. The molecule has 1 heterocycles. The molecule has 1 spiro atoms. The fourth-order valence-electron chi connectivity index (χ4n) is 7.88. The van der Waals surface area contributed by atoms with Gasteiger partial charge in [-0.25, -0.2) is 0 Å². The maximum absolute atomic E-state index is 4.18. The Hall–Kier alpha value is -5.50. The van der Waals surface area contributed by atoms with E-state index in [0.717, 1.165) is 11.1 Å². The first-order valence-corrected chi connectivity index (χ1v) is 18.3. The molecule has 5 aromatic rings. The Morgan fingerprint density at radius 1 is 0.686 bits per heavy atom. The summed E-state index contributed by atoms with van der Waals surface area (Å²) in [5.41, 5.74) is 17.4. The average molecular weight is 679 g/mol. The molecule has 0 bridgehead atoms. The third-order valence-electron chi connectivity index (χ3n) is 10.4. The minimum atomic E-state index is -0.369. The second-order valence-electron chi connectivity index (χ2n) is 13.2. The van der Waals surface area contributed by atoms with Crippen LogP contribution in [0, 0.1) is 13.8 Å². The fourth-order valence-corrected chi connectivity index (χ4v) is 9.02. The number of thiophene rings is 1. The van der Waals surface area contributed by atoms with E-state index in [-0.39, 0.29) is 5.41 Å². The van der Waals surface area contributed by atoms with Gasteiger partial charge in [-0.3, -0.25) is 0 Å². The van der Waals surface area contributed by atoms with E-state index in [1.54, 1.807) is 0 Å². The van der Waals surface area contributed by atoms with E-state index in [2.05, 4.69) is 163 Å². The predicted octanol–water partition coefficient (Wildman–Crippen LogP) is 14.5. The molecule has 4 aromatic carbocycles. The highest BCUT2D eigenvalue weighted by Gasteiger charge is 2.51. The molecule has 0 fully saturated rings. The largest absolute Gasteiger partial charge is 0.136 e. The van der Waals surface area contributed by atoms with Gasteiger partial charge in [-0.05, 0) is 130 Å². The molecule has 2 aliphatic carbocycles. The van der Waals surface area contributed by atoms with Gasteiger partial charge in [-0.2, -0.15) is 0 Å². The Labute approximate surface area is 308 Å². The van der Waals surface area contributed by atoms with Gasteiger partial charge in [0, 0.05) is 9.58 Å². The summed E-state index contributed by atoms with van der Waals surface area (Å²) in [6.45, 7) is 26.7. The molecule has 1 heteroatoms. The smallest absolute Gasteiger partial charge is 0.0718 e. The SMILES string of the molecule is C=C/C=C\C1=C(C)C(C)=C(/C=C\C=C)C12c1ccccc1-c1cc(-c3ccc(C(=C)/C=C\C)cc3)ccc12.C=Cc1sc2cccc(C)c2c1C. The van der Waals surface area contributed by atoms with Gasteiger partial charge in [0.25, 0.3) is 0 Å². The zero-order valence-electron chi connectivity index (χ0n) is 30.5. The van der Waals surface area contributed by atoms with E-state index in [9.17, 15) is 0 Å². The van der Waals surface area contributed by atoms with Crippen molar-refractivity contribution in [2.24, 2.45) is 0 Å². The molecule has 0 unspecified atom stereocenters. The molecule has 2 aliphatic rings. The van der Waals surface area contributed by atoms with Gasteiger partial charge >= 0.3 is 0 Å². The summed E-state index contributed by atoms with van der Waals surface area (Å²) in [5, 5.41) is 1.41. The Morgan fingerprint density at radius 3 is 1.92 bits per heavy atom. The Kier molecular flexibility index (Phi) is 10.2. The highest BCUT2D eigenvalue weighted by Crippen LogP contribution is 2.62. The lowest BCUT2D eigenvalue weighted by atomic mass is 9.68. The number of aryl methyl sites for hydroxylation is 2. The van der Waals surface area contributed by atoms with Crippen molar-refractivity contribution in [2.75, 3.05) is 0 Å². The van der Waals surface area contributed by atoms with Crippen molar-refractivity contribution in [2.45, 2.75) is 40.0 Å². The average Bonchev–Trinajstić information content (AvgIpc) is 3.71. The van der Waals surface area contributed by atoms with Crippen LogP contribution in [0.5, 0.6) is 0 Å². The van der Waals surface area contributed by atoms with Crippen molar-refractivity contribution in [3.8, 4) is 22.3 Å². The number of hydrogen-bond donors (Lipinski definition) is 0. The molecule has 0 N–H and O–H groups in total.